The van der Waals surface area contributed by atoms with E-state index in [1.54, 1.807) is 25.1 Å². The van der Waals surface area contributed by atoms with Gasteiger partial charge in [0.15, 0.2) is 0 Å². The molecule has 0 spiro atoms. The average molecular weight is 347 g/mol. The molecule has 1 aliphatic rings. The lowest BCUT2D eigenvalue weighted by atomic mass is 10.1. The molecule has 3 rings (SSSR count). The van der Waals surface area contributed by atoms with Crippen LogP contribution in [0.3, 0.4) is 0 Å². The molecule has 7 heteroatoms. The first kappa shape index (κ1) is 16.6. The number of fused-ring (bicyclic) bond motifs is 1. The number of aromatic nitrogens is 1. The van der Waals surface area contributed by atoms with Crippen molar-refractivity contribution >= 4 is 21.6 Å². The lowest BCUT2D eigenvalue weighted by molar-refractivity contribution is 0.0644. The van der Waals surface area contributed by atoms with Crippen molar-refractivity contribution in [2.45, 2.75) is 26.4 Å². The van der Waals surface area contributed by atoms with Gasteiger partial charge in [0.2, 0.25) is 10.0 Å². The molecule has 1 unspecified atom stereocenters. The number of hydrogen-bond donors (Lipinski definition) is 1. The fraction of sp³-hybridized carbons (Fsp3) is 0.353. The number of anilines is 1. The minimum atomic E-state index is -3.39. The first-order valence-electron chi connectivity index (χ1n) is 7.81. The Balaban J connectivity index is 1.89. The van der Waals surface area contributed by atoms with E-state index < -0.39 is 10.0 Å². The van der Waals surface area contributed by atoms with Crippen LogP contribution in [0.5, 0.6) is 0 Å². The molecular weight excluding hydrogens is 326 g/mol. The third-order valence-electron chi connectivity index (χ3n) is 4.38. The first-order chi connectivity index (χ1) is 11.3. The smallest absolute Gasteiger partial charge is 0.254 e. The van der Waals surface area contributed by atoms with Crippen LogP contribution in [0.25, 0.3) is 0 Å². The normalized spacial score (nSPS) is 17.5. The van der Waals surface area contributed by atoms with Crippen LogP contribution in [0.2, 0.25) is 0 Å². The minimum Gasteiger partial charge on any atom is -0.348 e. The number of carbonyl (C=O) groups is 1. The molecule has 1 aromatic heterocycles. The molecule has 2 aromatic rings. The van der Waals surface area contributed by atoms with Crippen LogP contribution < -0.4 is 4.72 Å². The van der Waals surface area contributed by atoms with Crippen LogP contribution in [-0.4, -0.2) is 36.6 Å². The number of nitrogens with zero attached hydrogens (tertiary/aromatic N) is 2. The zero-order valence-corrected chi connectivity index (χ0v) is 14.8. The number of sulfonamides is 1. The molecule has 0 fully saturated rings. The van der Waals surface area contributed by atoms with Gasteiger partial charge < -0.3 is 9.47 Å². The highest BCUT2D eigenvalue weighted by molar-refractivity contribution is 7.92. The van der Waals surface area contributed by atoms with Gasteiger partial charge in [0.05, 0.1) is 18.0 Å². The highest BCUT2D eigenvalue weighted by Gasteiger charge is 2.28. The van der Waals surface area contributed by atoms with Crippen LogP contribution in [-0.2, 0) is 16.6 Å². The van der Waals surface area contributed by atoms with Crippen LogP contribution in [0.1, 0.15) is 34.6 Å². The molecule has 0 saturated heterocycles. The zero-order valence-electron chi connectivity index (χ0n) is 14.0. The Labute approximate surface area is 142 Å². The van der Waals surface area contributed by atoms with Crippen LogP contribution >= 0.6 is 0 Å². The number of benzene rings is 1. The molecule has 0 radical (unpaired) electrons. The molecule has 0 aliphatic carbocycles. The number of amides is 1. The summed E-state index contributed by atoms with van der Waals surface area (Å²) in [5, 5.41) is 0. The van der Waals surface area contributed by atoms with E-state index in [2.05, 4.69) is 9.29 Å². The highest BCUT2D eigenvalue weighted by atomic mass is 32.2. The lowest BCUT2D eigenvalue weighted by Crippen LogP contribution is -2.40. The van der Waals surface area contributed by atoms with Gasteiger partial charge in [-0.15, -0.1) is 0 Å². The van der Waals surface area contributed by atoms with Crippen molar-refractivity contribution in [2.24, 2.45) is 0 Å². The summed E-state index contributed by atoms with van der Waals surface area (Å²) in [6.07, 6.45) is 3.12. The van der Waals surface area contributed by atoms with Crippen LogP contribution in [0.4, 0.5) is 5.69 Å². The molecular formula is C17H21N3O3S. The predicted octanol–water partition coefficient (Wildman–Crippen LogP) is 2.39. The molecule has 0 saturated carbocycles. The van der Waals surface area contributed by atoms with Gasteiger partial charge >= 0.3 is 0 Å². The van der Waals surface area contributed by atoms with Crippen molar-refractivity contribution in [1.82, 2.24) is 9.47 Å². The molecule has 0 bridgehead atoms. The number of rotatable bonds is 3. The topological polar surface area (TPSA) is 71.4 Å². The summed E-state index contributed by atoms with van der Waals surface area (Å²) in [7, 11) is -3.39. The molecule has 6 nitrogen and oxygen atoms in total. The first-order valence-corrected chi connectivity index (χ1v) is 9.70. The third kappa shape index (κ3) is 3.17. The van der Waals surface area contributed by atoms with Crippen LogP contribution in [0.15, 0.2) is 36.5 Å². The van der Waals surface area contributed by atoms with E-state index in [9.17, 15) is 13.2 Å². The van der Waals surface area contributed by atoms with Gasteiger partial charge in [0, 0.05) is 30.5 Å². The molecule has 1 N–H and O–H groups in total. The average Bonchev–Trinajstić information content (AvgIpc) is 2.97. The van der Waals surface area contributed by atoms with E-state index in [4.69, 9.17) is 0 Å². The Hall–Kier alpha value is -2.28. The van der Waals surface area contributed by atoms with Crippen molar-refractivity contribution in [2.75, 3.05) is 17.5 Å². The summed E-state index contributed by atoms with van der Waals surface area (Å²) in [5.41, 5.74) is 2.81. The Morgan fingerprint density at radius 2 is 2.00 bits per heavy atom. The maximum absolute atomic E-state index is 12.9. The van der Waals surface area contributed by atoms with Gasteiger partial charge in [-0.3, -0.25) is 9.52 Å². The number of hydrogen-bond acceptors (Lipinski definition) is 3. The summed E-state index contributed by atoms with van der Waals surface area (Å²) in [6.45, 7) is 5.20. The standard InChI is InChI=1S/C17H21N3O3S/c1-12-6-7-14(11-15(12)18-24(3,22)23)17(21)20-10-9-19-8-4-5-16(19)13(20)2/h4-8,11,13,18H,9-10H2,1-3H3. The minimum absolute atomic E-state index is 0.0196. The van der Waals surface area contributed by atoms with E-state index >= 15 is 0 Å². The van der Waals surface area contributed by atoms with E-state index in [1.807, 2.05) is 30.2 Å². The maximum atomic E-state index is 12.9. The predicted molar refractivity (Wildman–Crippen MR) is 93.5 cm³/mol. The van der Waals surface area contributed by atoms with Gasteiger partial charge in [-0.1, -0.05) is 6.07 Å². The second kappa shape index (κ2) is 5.98. The fourth-order valence-corrected chi connectivity index (χ4v) is 3.71. The quantitative estimate of drug-likeness (QED) is 0.927. The fourth-order valence-electron chi connectivity index (χ4n) is 3.09. The molecule has 128 valence electrons. The van der Waals surface area contributed by atoms with E-state index in [-0.39, 0.29) is 11.9 Å². The van der Waals surface area contributed by atoms with Crippen LogP contribution in [0, 0.1) is 6.92 Å². The van der Waals surface area contributed by atoms with Gasteiger partial charge in [-0.2, -0.15) is 0 Å². The Morgan fingerprint density at radius 1 is 1.25 bits per heavy atom. The maximum Gasteiger partial charge on any atom is 0.254 e. The molecule has 1 atom stereocenters. The van der Waals surface area contributed by atoms with Gasteiger partial charge in [-0.25, -0.2) is 8.42 Å². The molecule has 1 aromatic carbocycles. The number of nitrogens with one attached hydrogen (secondary N) is 1. The van der Waals surface area contributed by atoms with E-state index in [1.165, 1.54) is 0 Å². The summed E-state index contributed by atoms with van der Waals surface area (Å²) in [4.78, 5) is 14.7. The molecule has 1 aliphatic heterocycles. The van der Waals surface area contributed by atoms with Crippen molar-refractivity contribution in [1.29, 1.82) is 0 Å². The summed E-state index contributed by atoms with van der Waals surface area (Å²) < 4.78 is 27.6. The summed E-state index contributed by atoms with van der Waals surface area (Å²) in [5.74, 6) is -0.0912. The van der Waals surface area contributed by atoms with Crippen molar-refractivity contribution < 1.29 is 13.2 Å². The van der Waals surface area contributed by atoms with Crippen molar-refractivity contribution in [3.8, 4) is 0 Å². The van der Waals surface area contributed by atoms with Gasteiger partial charge in [-0.05, 0) is 43.7 Å². The largest absolute Gasteiger partial charge is 0.348 e. The lowest BCUT2D eigenvalue weighted by Gasteiger charge is -2.35. The van der Waals surface area contributed by atoms with E-state index in [0.717, 1.165) is 24.1 Å². The number of aryl methyl sites for hydroxylation is 1. The summed E-state index contributed by atoms with van der Waals surface area (Å²) in [6, 6.07) is 9.10. The summed E-state index contributed by atoms with van der Waals surface area (Å²) >= 11 is 0. The van der Waals surface area contributed by atoms with Crippen molar-refractivity contribution in [3.05, 3.63) is 53.3 Å². The van der Waals surface area contributed by atoms with Gasteiger partial charge in [0.1, 0.15) is 0 Å². The third-order valence-corrected chi connectivity index (χ3v) is 4.97. The Morgan fingerprint density at radius 3 is 2.71 bits per heavy atom. The Bertz CT molecular complexity index is 886. The highest BCUT2D eigenvalue weighted by Crippen LogP contribution is 2.28. The second-order valence-electron chi connectivity index (χ2n) is 6.20. The zero-order chi connectivity index (χ0) is 17.5. The Kier molecular flexibility index (Phi) is 4.13. The van der Waals surface area contributed by atoms with Gasteiger partial charge in [0.25, 0.3) is 5.91 Å². The molecule has 1 amide bonds. The second-order valence-corrected chi connectivity index (χ2v) is 7.95. The van der Waals surface area contributed by atoms with E-state index in [0.29, 0.717) is 17.8 Å². The SMILES string of the molecule is Cc1ccc(C(=O)N2CCn3cccc3C2C)cc1NS(C)(=O)=O. The monoisotopic (exact) mass is 347 g/mol. The van der Waals surface area contributed by atoms with Crippen molar-refractivity contribution in [3.63, 3.8) is 0 Å². The number of carbonyl (C=O) groups excluding carboxylic acids is 1. The molecule has 24 heavy (non-hydrogen) atoms. The molecule has 2 heterocycles.